The Hall–Kier alpha value is -1.71. The van der Waals surface area contributed by atoms with Crippen LogP contribution in [0.15, 0.2) is 48.5 Å². The van der Waals surface area contributed by atoms with E-state index < -0.39 is 0 Å². The highest BCUT2D eigenvalue weighted by molar-refractivity contribution is 5.27. The average molecular weight is 259 g/mol. The van der Waals surface area contributed by atoms with Gasteiger partial charge in [0, 0.05) is 6.54 Å². The molecule has 0 radical (unpaired) electrons. The molecule has 0 unspecified atom stereocenters. The summed E-state index contributed by atoms with van der Waals surface area (Å²) in [6, 6.07) is 14.4. The van der Waals surface area contributed by atoms with Crippen LogP contribution in [0.3, 0.4) is 0 Å². The maximum absolute atomic E-state index is 13.2. The number of benzene rings is 2. The number of aliphatic hydroxyl groups is 1. The van der Waals surface area contributed by atoms with E-state index in [2.05, 4.69) is 5.32 Å². The molecule has 100 valence electrons. The van der Waals surface area contributed by atoms with Crippen LogP contribution in [0.2, 0.25) is 0 Å². The lowest BCUT2D eigenvalue weighted by Crippen LogP contribution is -2.24. The second kappa shape index (κ2) is 6.45. The first-order valence-corrected chi connectivity index (χ1v) is 6.35. The zero-order chi connectivity index (χ0) is 13.7. The van der Waals surface area contributed by atoms with E-state index >= 15 is 0 Å². The first-order valence-electron chi connectivity index (χ1n) is 6.35. The maximum atomic E-state index is 13.2. The van der Waals surface area contributed by atoms with Crippen LogP contribution < -0.4 is 5.32 Å². The van der Waals surface area contributed by atoms with E-state index in [1.807, 2.05) is 37.3 Å². The fourth-order valence-corrected chi connectivity index (χ4v) is 2.04. The molecule has 3 heteroatoms. The molecule has 2 N–H and O–H groups in total. The van der Waals surface area contributed by atoms with Crippen LogP contribution in [-0.2, 0) is 6.54 Å². The largest absolute Gasteiger partial charge is 0.394 e. The number of hydrogen-bond acceptors (Lipinski definition) is 2. The summed E-state index contributed by atoms with van der Waals surface area (Å²) in [5, 5.41) is 12.7. The van der Waals surface area contributed by atoms with E-state index in [1.54, 1.807) is 6.07 Å². The van der Waals surface area contributed by atoms with Crippen LogP contribution in [0.25, 0.3) is 0 Å². The second-order valence-electron chi connectivity index (χ2n) is 4.60. The molecule has 2 rings (SSSR count). The molecule has 2 aromatic carbocycles. The van der Waals surface area contributed by atoms with Crippen molar-refractivity contribution >= 4 is 0 Å². The Bertz CT molecular complexity index is 528. The molecular weight excluding hydrogens is 241 g/mol. The maximum Gasteiger partial charge on any atom is 0.123 e. The predicted molar refractivity (Wildman–Crippen MR) is 74.2 cm³/mol. The molecule has 0 heterocycles. The highest BCUT2D eigenvalue weighted by atomic mass is 19.1. The summed E-state index contributed by atoms with van der Waals surface area (Å²) in [5.41, 5.74) is 2.98. The Morgan fingerprint density at radius 3 is 2.58 bits per heavy atom. The fraction of sp³-hybridized carbons (Fsp3) is 0.250. The average Bonchev–Trinajstić information content (AvgIpc) is 2.44. The molecule has 2 aromatic rings. The molecule has 0 bridgehead atoms. The fourth-order valence-electron chi connectivity index (χ4n) is 2.04. The van der Waals surface area contributed by atoms with Gasteiger partial charge in [0.15, 0.2) is 0 Å². The van der Waals surface area contributed by atoms with Crippen LogP contribution in [0.1, 0.15) is 22.7 Å². The molecule has 0 fully saturated rings. The molecular formula is C16H18FNO. The van der Waals surface area contributed by atoms with Crippen molar-refractivity contribution in [1.82, 2.24) is 5.32 Å². The quantitative estimate of drug-likeness (QED) is 0.865. The van der Waals surface area contributed by atoms with Crippen molar-refractivity contribution in [3.05, 3.63) is 71.0 Å². The van der Waals surface area contributed by atoms with Gasteiger partial charge in [-0.3, -0.25) is 0 Å². The van der Waals surface area contributed by atoms with Crippen molar-refractivity contribution < 1.29 is 9.50 Å². The van der Waals surface area contributed by atoms with Gasteiger partial charge in [-0.05, 0) is 35.7 Å². The number of aryl methyl sites for hydroxylation is 1. The lowest BCUT2D eigenvalue weighted by atomic mass is 10.1. The van der Waals surface area contributed by atoms with Crippen molar-refractivity contribution in [3.8, 4) is 0 Å². The van der Waals surface area contributed by atoms with Gasteiger partial charge in [-0.2, -0.15) is 0 Å². The molecule has 0 aromatic heterocycles. The monoisotopic (exact) mass is 259 g/mol. The third kappa shape index (κ3) is 3.63. The number of halogens is 1. The second-order valence-corrected chi connectivity index (χ2v) is 4.60. The standard InChI is InChI=1S/C16H18FNO/c1-12-7-8-15(17)9-14(12)10-18-16(11-19)13-5-3-2-4-6-13/h2-9,16,18-19H,10-11H2,1H3/t16-/m1/s1. The zero-order valence-corrected chi connectivity index (χ0v) is 10.9. The van der Waals surface area contributed by atoms with Gasteiger partial charge in [-0.25, -0.2) is 4.39 Å². The van der Waals surface area contributed by atoms with Crippen molar-refractivity contribution in [3.63, 3.8) is 0 Å². The van der Waals surface area contributed by atoms with Gasteiger partial charge in [0.05, 0.1) is 12.6 Å². The summed E-state index contributed by atoms with van der Waals surface area (Å²) in [5.74, 6) is -0.234. The van der Waals surface area contributed by atoms with E-state index in [-0.39, 0.29) is 18.5 Å². The summed E-state index contributed by atoms with van der Waals surface area (Å²) in [7, 11) is 0. The molecule has 0 aliphatic heterocycles. The van der Waals surface area contributed by atoms with Crippen LogP contribution in [-0.4, -0.2) is 11.7 Å². The smallest absolute Gasteiger partial charge is 0.123 e. The lowest BCUT2D eigenvalue weighted by molar-refractivity contribution is 0.243. The van der Waals surface area contributed by atoms with E-state index in [9.17, 15) is 9.50 Å². The van der Waals surface area contributed by atoms with E-state index in [4.69, 9.17) is 0 Å². The first kappa shape index (κ1) is 13.7. The number of aliphatic hydroxyl groups excluding tert-OH is 1. The molecule has 0 saturated carbocycles. The molecule has 0 aliphatic rings. The highest BCUT2D eigenvalue weighted by Gasteiger charge is 2.10. The minimum Gasteiger partial charge on any atom is -0.394 e. The van der Waals surface area contributed by atoms with Crippen LogP contribution in [0, 0.1) is 12.7 Å². The normalized spacial score (nSPS) is 12.4. The number of nitrogens with one attached hydrogen (secondary N) is 1. The number of hydrogen-bond donors (Lipinski definition) is 2. The summed E-state index contributed by atoms with van der Waals surface area (Å²) < 4.78 is 13.2. The first-order chi connectivity index (χ1) is 9.20. The number of rotatable bonds is 5. The molecule has 0 amide bonds. The van der Waals surface area contributed by atoms with Crippen molar-refractivity contribution in [2.45, 2.75) is 19.5 Å². The van der Waals surface area contributed by atoms with Gasteiger partial charge < -0.3 is 10.4 Å². The van der Waals surface area contributed by atoms with Gasteiger partial charge in [-0.15, -0.1) is 0 Å². The lowest BCUT2D eigenvalue weighted by Gasteiger charge is -2.17. The highest BCUT2D eigenvalue weighted by Crippen LogP contribution is 2.15. The zero-order valence-electron chi connectivity index (χ0n) is 10.9. The van der Waals surface area contributed by atoms with Crippen LogP contribution >= 0.6 is 0 Å². The SMILES string of the molecule is Cc1ccc(F)cc1CN[C@H](CO)c1ccccc1. The van der Waals surface area contributed by atoms with E-state index in [1.165, 1.54) is 12.1 Å². The summed E-state index contributed by atoms with van der Waals surface area (Å²) >= 11 is 0. The predicted octanol–water partition coefficient (Wildman–Crippen LogP) is 2.96. The molecule has 0 saturated heterocycles. The van der Waals surface area contributed by atoms with Gasteiger partial charge in [-0.1, -0.05) is 36.4 Å². The van der Waals surface area contributed by atoms with Crippen LogP contribution in [0.5, 0.6) is 0 Å². The summed E-state index contributed by atoms with van der Waals surface area (Å²) in [6.07, 6.45) is 0. The summed E-state index contributed by atoms with van der Waals surface area (Å²) in [4.78, 5) is 0. The Balaban J connectivity index is 2.06. The summed E-state index contributed by atoms with van der Waals surface area (Å²) in [6.45, 7) is 2.50. The van der Waals surface area contributed by atoms with Gasteiger partial charge in [0.1, 0.15) is 5.82 Å². The third-order valence-corrected chi connectivity index (χ3v) is 3.23. The molecule has 2 nitrogen and oxygen atoms in total. The van der Waals surface area contributed by atoms with Gasteiger partial charge >= 0.3 is 0 Å². The van der Waals surface area contributed by atoms with Crippen LogP contribution in [0.4, 0.5) is 4.39 Å². The van der Waals surface area contributed by atoms with Gasteiger partial charge in [0.2, 0.25) is 0 Å². The Morgan fingerprint density at radius 1 is 1.16 bits per heavy atom. The van der Waals surface area contributed by atoms with E-state index in [0.717, 1.165) is 16.7 Å². The van der Waals surface area contributed by atoms with Crippen molar-refractivity contribution in [1.29, 1.82) is 0 Å². The van der Waals surface area contributed by atoms with Gasteiger partial charge in [0.25, 0.3) is 0 Å². The molecule has 0 spiro atoms. The minimum absolute atomic E-state index is 0.0123. The topological polar surface area (TPSA) is 32.3 Å². The molecule has 19 heavy (non-hydrogen) atoms. The Kier molecular flexibility index (Phi) is 4.66. The molecule has 0 aliphatic carbocycles. The van der Waals surface area contributed by atoms with Crippen molar-refractivity contribution in [2.75, 3.05) is 6.61 Å². The Labute approximate surface area is 112 Å². The van der Waals surface area contributed by atoms with E-state index in [0.29, 0.717) is 6.54 Å². The third-order valence-electron chi connectivity index (χ3n) is 3.23. The minimum atomic E-state index is -0.234. The molecule has 1 atom stereocenters. The van der Waals surface area contributed by atoms with Crippen molar-refractivity contribution in [2.24, 2.45) is 0 Å². The Morgan fingerprint density at radius 2 is 1.89 bits per heavy atom.